The predicted molar refractivity (Wildman–Crippen MR) is 90.4 cm³/mol. The molecule has 2 aromatic carbocycles. The van der Waals surface area contributed by atoms with E-state index in [2.05, 4.69) is 34.1 Å². The van der Waals surface area contributed by atoms with Gasteiger partial charge in [0.2, 0.25) is 0 Å². The fourth-order valence-corrected chi connectivity index (χ4v) is 4.47. The lowest BCUT2D eigenvalue weighted by Gasteiger charge is -2.04. The van der Waals surface area contributed by atoms with Crippen LogP contribution >= 0.6 is 27.3 Å². The molecule has 0 aliphatic heterocycles. The van der Waals surface area contributed by atoms with Crippen molar-refractivity contribution >= 4 is 43.3 Å². The first-order valence-electron chi connectivity index (χ1n) is 6.55. The summed E-state index contributed by atoms with van der Waals surface area (Å²) >= 11 is 5.45. The van der Waals surface area contributed by atoms with Gasteiger partial charge in [-0.1, -0.05) is 42.5 Å². The number of carbonyl (C=O) groups is 1. The molecule has 0 saturated carbocycles. The molecule has 0 saturated heterocycles. The molecule has 0 amide bonds. The quantitative estimate of drug-likeness (QED) is 0.585. The van der Waals surface area contributed by atoms with E-state index >= 15 is 0 Å². The number of fused-ring (bicyclic) bond motifs is 1. The van der Waals surface area contributed by atoms with E-state index in [1.165, 1.54) is 22.1 Å². The minimum Gasteiger partial charge on any atom is -0.461 e. The summed E-state index contributed by atoms with van der Waals surface area (Å²) in [6.45, 7) is 1.73. The first kappa shape index (κ1) is 14.3. The molecule has 2 nitrogen and oxygen atoms in total. The summed E-state index contributed by atoms with van der Waals surface area (Å²) in [6.07, 6.45) is 0. The summed E-state index contributed by atoms with van der Waals surface area (Å²) in [6, 6.07) is 16.4. The molecule has 1 heterocycles. The second kappa shape index (κ2) is 6.00. The Morgan fingerprint density at radius 3 is 2.62 bits per heavy atom. The van der Waals surface area contributed by atoms with Crippen LogP contribution in [-0.2, 0) is 16.1 Å². The van der Waals surface area contributed by atoms with Crippen LogP contribution in [0.15, 0.2) is 53.0 Å². The summed E-state index contributed by atoms with van der Waals surface area (Å²) in [5.74, 6) is -0.262. The number of benzene rings is 2. The van der Waals surface area contributed by atoms with Crippen LogP contribution in [0.2, 0.25) is 0 Å². The maximum Gasteiger partial charge on any atom is 0.302 e. The molecule has 0 unspecified atom stereocenters. The van der Waals surface area contributed by atoms with Gasteiger partial charge in [0.25, 0.3) is 0 Å². The second-order valence-electron chi connectivity index (χ2n) is 4.68. The molecular formula is C17H13BrO2S. The van der Waals surface area contributed by atoms with E-state index in [-0.39, 0.29) is 5.97 Å². The van der Waals surface area contributed by atoms with Crippen LogP contribution in [0.25, 0.3) is 20.5 Å². The fraction of sp³-hybridized carbons (Fsp3) is 0.118. The van der Waals surface area contributed by atoms with Gasteiger partial charge in [-0.15, -0.1) is 11.3 Å². The van der Waals surface area contributed by atoms with E-state index in [1.54, 1.807) is 11.3 Å². The van der Waals surface area contributed by atoms with Crippen LogP contribution in [0.3, 0.4) is 0 Å². The lowest BCUT2D eigenvalue weighted by molar-refractivity contribution is -0.142. The topological polar surface area (TPSA) is 26.3 Å². The summed E-state index contributed by atoms with van der Waals surface area (Å²) < 4.78 is 7.40. The Kier molecular flexibility index (Phi) is 4.08. The molecular weight excluding hydrogens is 348 g/mol. The first-order chi connectivity index (χ1) is 10.2. The molecule has 4 heteroatoms. The molecule has 3 aromatic rings. The van der Waals surface area contributed by atoms with Crippen molar-refractivity contribution in [1.29, 1.82) is 0 Å². The van der Waals surface area contributed by atoms with Gasteiger partial charge in [-0.2, -0.15) is 0 Å². The summed E-state index contributed by atoms with van der Waals surface area (Å²) in [5.41, 5.74) is 2.21. The summed E-state index contributed by atoms with van der Waals surface area (Å²) in [4.78, 5) is 12.2. The predicted octanol–water partition coefficient (Wildman–Crippen LogP) is 5.39. The Balaban J connectivity index is 2.12. The molecule has 1 aromatic heterocycles. The van der Waals surface area contributed by atoms with Gasteiger partial charge in [0, 0.05) is 26.4 Å². The number of rotatable bonds is 3. The van der Waals surface area contributed by atoms with Gasteiger partial charge in [-0.3, -0.25) is 4.79 Å². The Hall–Kier alpha value is -1.65. The fourth-order valence-electron chi connectivity index (χ4n) is 2.25. The second-order valence-corrected chi connectivity index (χ2v) is 6.53. The van der Waals surface area contributed by atoms with Crippen molar-refractivity contribution in [1.82, 2.24) is 0 Å². The lowest BCUT2D eigenvalue weighted by Crippen LogP contribution is -1.98. The molecule has 0 atom stereocenters. The number of ether oxygens (including phenoxy) is 1. The van der Waals surface area contributed by atoms with Crippen molar-refractivity contribution in [2.45, 2.75) is 13.5 Å². The highest BCUT2D eigenvalue weighted by Crippen LogP contribution is 2.43. The third-order valence-electron chi connectivity index (χ3n) is 3.21. The van der Waals surface area contributed by atoms with E-state index in [4.69, 9.17) is 4.74 Å². The van der Waals surface area contributed by atoms with Gasteiger partial charge >= 0.3 is 5.97 Å². The minimum atomic E-state index is -0.262. The summed E-state index contributed by atoms with van der Waals surface area (Å²) in [7, 11) is 0. The maximum absolute atomic E-state index is 11.0. The molecule has 106 valence electrons. The lowest BCUT2D eigenvalue weighted by atomic mass is 10.1. The summed E-state index contributed by atoms with van der Waals surface area (Å²) in [5, 5.41) is 1.13. The van der Waals surface area contributed by atoms with Gasteiger partial charge < -0.3 is 4.74 Å². The van der Waals surface area contributed by atoms with E-state index in [0.717, 1.165) is 15.4 Å². The van der Waals surface area contributed by atoms with Gasteiger partial charge in [0.1, 0.15) is 6.61 Å². The Morgan fingerprint density at radius 2 is 1.90 bits per heavy atom. The van der Waals surface area contributed by atoms with Crippen LogP contribution in [0.4, 0.5) is 0 Å². The zero-order valence-corrected chi connectivity index (χ0v) is 13.8. The van der Waals surface area contributed by atoms with E-state index in [9.17, 15) is 4.79 Å². The molecule has 0 N–H and O–H groups in total. The highest BCUT2D eigenvalue weighted by atomic mass is 79.9. The van der Waals surface area contributed by atoms with Crippen LogP contribution in [-0.4, -0.2) is 5.97 Å². The Bertz CT molecular complexity index is 793. The monoisotopic (exact) mass is 360 g/mol. The van der Waals surface area contributed by atoms with Crippen LogP contribution < -0.4 is 0 Å². The highest BCUT2D eigenvalue weighted by molar-refractivity contribution is 9.10. The normalized spacial score (nSPS) is 10.8. The molecule has 0 bridgehead atoms. The van der Waals surface area contributed by atoms with Gasteiger partial charge in [-0.25, -0.2) is 0 Å². The van der Waals surface area contributed by atoms with E-state index < -0.39 is 0 Å². The van der Waals surface area contributed by atoms with Crippen molar-refractivity contribution in [3.8, 4) is 10.4 Å². The molecule has 21 heavy (non-hydrogen) atoms. The van der Waals surface area contributed by atoms with Gasteiger partial charge in [0.05, 0.1) is 0 Å². The number of halogens is 1. The third-order valence-corrected chi connectivity index (χ3v) is 5.47. The van der Waals surface area contributed by atoms with Crippen molar-refractivity contribution < 1.29 is 9.53 Å². The number of carbonyl (C=O) groups excluding carboxylic acids is 1. The van der Waals surface area contributed by atoms with Crippen molar-refractivity contribution in [3.63, 3.8) is 0 Å². The van der Waals surface area contributed by atoms with Crippen LogP contribution in [0.1, 0.15) is 12.5 Å². The molecule has 0 fully saturated rings. The van der Waals surface area contributed by atoms with Crippen molar-refractivity contribution in [2.24, 2.45) is 0 Å². The standard InChI is InChI=1S/C17H13BrO2S/c1-11(19)20-10-13-8-5-9-14-15(13)16(18)17(21-14)12-6-3-2-4-7-12/h2-9H,10H2,1H3. The Labute approximate surface area is 135 Å². The zero-order valence-electron chi connectivity index (χ0n) is 11.4. The average Bonchev–Trinajstić information content (AvgIpc) is 2.84. The molecule has 0 aliphatic carbocycles. The average molecular weight is 361 g/mol. The smallest absolute Gasteiger partial charge is 0.302 e. The third kappa shape index (κ3) is 2.87. The number of hydrogen-bond donors (Lipinski definition) is 0. The zero-order chi connectivity index (χ0) is 14.8. The molecule has 0 aliphatic rings. The van der Waals surface area contributed by atoms with Gasteiger partial charge in [0.15, 0.2) is 0 Å². The maximum atomic E-state index is 11.0. The minimum absolute atomic E-state index is 0.262. The van der Waals surface area contributed by atoms with Crippen LogP contribution in [0.5, 0.6) is 0 Å². The SMILES string of the molecule is CC(=O)OCc1cccc2sc(-c3ccccc3)c(Br)c12. The van der Waals surface area contributed by atoms with Gasteiger partial charge in [-0.05, 0) is 33.1 Å². The largest absolute Gasteiger partial charge is 0.461 e. The highest BCUT2D eigenvalue weighted by Gasteiger charge is 2.15. The first-order valence-corrected chi connectivity index (χ1v) is 8.16. The van der Waals surface area contributed by atoms with Crippen LogP contribution in [0, 0.1) is 0 Å². The number of hydrogen-bond acceptors (Lipinski definition) is 3. The number of thiophene rings is 1. The van der Waals surface area contributed by atoms with E-state index in [0.29, 0.717) is 6.61 Å². The number of esters is 1. The Morgan fingerprint density at radius 1 is 1.14 bits per heavy atom. The molecule has 0 radical (unpaired) electrons. The van der Waals surface area contributed by atoms with Crippen molar-refractivity contribution in [2.75, 3.05) is 0 Å². The molecule has 3 rings (SSSR count). The molecule has 0 spiro atoms. The van der Waals surface area contributed by atoms with Crippen molar-refractivity contribution in [3.05, 3.63) is 58.6 Å². The van der Waals surface area contributed by atoms with E-state index in [1.807, 2.05) is 30.3 Å².